The first-order valence-corrected chi connectivity index (χ1v) is 8.44. The minimum Gasteiger partial charge on any atom is -0.339 e. The molecule has 1 unspecified atom stereocenters. The van der Waals surface area contributed by atoms with E-state index in [-0.39, 0.29) is 17.7 Å². The molecule has 1 amide bonds. The number of ketones is 1. The second-order valence-electron chi connectivity index (χ2n) is 6.16. The molecule has 1 atom stereocenters. The zero-order valence-electron chi connectivity index (χ0n) is 13.3. The van der Waals surface area contributed by atoms with Crippen LogP contribution in [0, 0.1) is 0 Å². The van der Waals surface area contributed by atoms with Gasteiger partial charge in [-0.1, -0.05) is 45.4 Å². The Hall–Kier alpha value is -0.860. The topological polar surface area (TPSA) is 37.4 Å². The molecule has 0 aliphatic carbocycles. The van der Waals surface area contributed by atoms with Crippen molar-refractivity contribution in [1.82, 2.24) is 4.90 Å². The summed E-state index contributed by atoms with van der Waals surface area (Å²) in [7, 11) is 0. The Morgan fingerprint density at radius 1 is 1.05 bits per heavy atom. The van der Waals surface area contributed by atoms with Gasteiger partial charge in [0.2, 0.25) is 5.91 Å². The number of Topliss-reactive ketones (excluding diaryl/α,β-unsaturated/α-hetero) is 1. The summed E-state index contributed by atoms with van der Waals surface area (Å²) in [5, 5.41) is 0. The lowest BCUT2D eigenvalue weighted by atomic mass is 10.0. The summed E-state index contributed by atoms with van der Waals surface area (Å²) in [6, 6.07) is 0.165. The quantitative estimate of drug-likeness (QED) is 0.628. The largest absolute Gasteiger partial charge is 0.339 e. The Morgan fingerprint density at radius 2 is 1.80 bits per heavy atom. The Kier molecular flexibility index (Phi) is 8.56. The maximum Gasteiger partial charge on any atom is 0.222 e. The summed E-state index contributed by atoms with van der Waals surface area (Å²) < 4.78 is 0. The first-order valence-electron chi connectivity index (χ1n) is 8.44. The van der Waals surface area contributed by atoms with Crippen LogP contribution < -0.4 is 0 Å². The molecule has 1 rings (SSSR count). The molecule has 0 aromatic carbocycles. The lowest BCUT2D eigenvalue weighted by molar-refractivity contribution is -0.134. The molecule has 20 heavy (non-hydrogen) atoms. The van der Waals surface area contributed by atoms with Gasteiger partial charge in [0.25, 0.3) is 0 Å². The average Bonchev–Trinajstić information content (AvgIpc) is 2.63. The molecule has 0 saturated carbocycles. The van der Waals surface area contributed by atoms with E-state index in [1.54, 1.807) is 6.92 Å². The molecule has 116 valence electrons. The van der Waals surface area contributed by atoms with Crippen molar-refractivity contribution in [3.8, 4) is 0 Å². The van der Waals surface area contributed by atoms with Crippen LogP contribution in [0.3, 0.4) is 0 Å². The van der Waals surface area contributed by atoms with Crippen molar-refractivity contribution >= 4 is 11.7 Å². The molecule has 0 radical (unpaired) electrons. The molecule has 1 aliphatic rings. The fraction of sp³-hybridized carbons (Fsp3) is 0.882. The first-order chi connectivity index (χ1) is 9.65. The Bertz CT molecular complexity index is 301. The van der Waals surface area contributed by atoms with Crippen molar-refractivity contribution < 1.29 is 9.59 Å². The first kappa shape index (κ1) is 17.2. The van der Waals surface area contributed by atoms with Crippen LogP contribution >= 0.6 is 0 Å². The summed E-state index contributed by atoms with van der Waals surface area (Å²) in [5.41, 5.74) is 0. The standard InChI is InChI=1S/C17H31NO2/c1-3-4-5-6-9-12-17(20)18-13-10-7-8-11-16(18)14-15(2)19/h16H,3-14H2,1-2H3. The third-order valence-electron chi connectivity index (χ3n) is 4.21. The molecule has 1 fully saturated rings. The number of likely N-dealkylation sites (tertiary alicyclic amines) is 1. The van der Waals surface area contributed by atoms with Crippen molar-refractivity contribution in [2.45, 2.75) is 90.5 Å². The maximum absolute atomic E-state index is 12.4. The Balaban J connectivity index is 2.41. The van der Waals surface area contributed by atoms with Crippen molar-refractivity contribution in [2.24, 2.45) is 0 Å². The highest BCUT2D eigenvalue weighted by atomic mass is 16.2. The van der Waals surface area contributed by atoms with Crippen molar-refractivity contribution in [3.05, 3.63) is 0 Å². The van der Waals surface area contributed by atoms with Crippen LogP contribution in [0.5, 0.6) is 0 Å². The molecule has 0 spiro atoms. The van der Waals surface area contributed by atoms with Crippen LogP contribution in [-0.4, -0.2) is 29.2 Å². The number of amides is 1. The highest BCUT2D eigenvalue weighted by molar-refractivity contribution is 5.79. The van der Waals surface area contributed by atoms with Gasteiger partial charge >= 0.3 is 0 Å². The number of hydrogen-bond donors (Lipinski definition) is 0. The summed E-state index contributed by atoms with van der Waals surface area (Å²) in [4.78, 5) is 25.8. The summed E-state index contributed by atoms with van der Waals surface area (Å²) in [5.74, 6) is 0.479. The highest BCUT2D eigenvalue weighted by Gasteiger charge is 2.25. The van der Waals surface area contributed by atoms with E-state index in [0.29, 0.717) is 12.8 Å². The van der Waals surface area contributed by atoms with E-state index in [1.807, 2.05) is 4.90 Å². The van der Waals surface area contributed by atoms with E-state index in [9.17, 15) is 9.59 Å². The minimum atomic E-state index is 0.165. The molecule has 0 bridgehead atoms. The SMILES string of the molecule is CCCCCCCC(=O)N1CCCCCC1CC(C)=O. The van der Waals surface area contributed by atoms with Crippen LogP contribution in [0.25, 0.3) is 0 Å². The van der Waals surface area contributed by atoms with Crippen LogP contribution in [0.1, 0.15) is 84.5 Å². The number of nitrogens with zero attached hydrogens (tertiary/aromatic N) is 1. The smallest absolute Gasteiger partial charge is 0.222 e. The van der Waals surface area contributed by atoms with Gasteiger partial charge in [-0.3, -0.25) is 9.59 Å². The molecule has 3 heteroatoms. The third-order valence-corrected chi connectivity index (χ3v) is 4.21. The van der Waals surface area contributed by atoms with Crippen LogP contribution in [0.2, 0.25) is 0 Å². The van der Waals surface area contributed by atoms with Gasteiger partial charge < -0.3 is 4.90 Å². The zero-order chi connectivity index (χ0) is 14.8. The fourth-order valence-corrected chi connectivity index (χ4v) is 3.07. The molecule has 0 N–H and O–H groups in total. The fourth-order valence-electron chi connectivity index (χ4n) is 3.07. The van der Waals surface area contributed by atoms with E-state index in [1.165, 1.54) is 25.7 Å². The highest BCUT2D eigenvalue weighted by Crippen LogP contribution is 2.21. The van der Waals surface area contributed by atoms with E-state index >= 15 is 0 Å². The van der Waals surface area contributed by atoms with Crippen molar-refractivity contribution in [3.63, 3.8) is 0 Å². The van der Waals surface area contributed by atoms with Crippen LogP contribution in [0.15, 0.2) is 0 Å². The number of carbonyl (C=O) groups excluding carboxylic acids is 2. The van der Waals surface area contributed by atoms with Gasteiger partial charge in [-0.15, -0.1) is 0 Å². The normalized spacial score (nSPS) is 19.7. The Labute approximate surface area is 124 Å². The van der Waals surface area contributed by atoms with Gasteiger partial charge in [0.05, 0.1) is 0 Å². The van der Waals surface area contributed by atoms with E-state index in [4.69, 9.17) is 0 Å². The summed E-state index contributed by atoms with van der Waals surface area (Å²) in [6.45, 7) is 4.69. The van der Waals surface area contributed by atoms with Gasteiger partial charge in [-0.2, -0.15) is 0 Å². The van der Waals surface area contributed by atoms with E-state index in [2.05, 4.69) is 6.92 Å². The molecule has 3 nitrogen and oxygen atoms in total. The van der Waals surface area contributed by atoms with Gasteiger partial charge in [-0.25, -0.2) is 0 Å². The zero-order valence-corrected chi connectivity index (χ0v) is 13.3. The maximum atomic E-state index is 12.4. The molecular formula is C17H31NO2. The molecule has 1 aliphatic heterocycles. The number of carbonyl (C=O) groups is 2. The summed E-state index contributed by atoms with van der Waals surface area (Å²) >= 11 is 0. The van der Waals surface area contributed by atoms with E-state index in [0.717, 1.165) is 38.6 Å². The molecule has 1 heterocycles. The van der Waals surface area contributed by atoms with Crippen LogP contribution in [0.4, 0.5) is 0 Å². The number of hydrogen-bond acceptors (Lipinski definition) is 2. The predicted octanol–water partition coefficient (Wildman–Crippen LogP) is 4.10. The number of unbranched alkanes of at least 4 members (excludes halogenated alkanes) is 4. The van der Waals surface area contributed by atoms with Gasteiger partial charge in [-0.05, 0) is 26.2 Å². The second-order valence-corrected chi connectivity index (χ2v) is 6.16. The lowest BCUT2D eigenvalue weighted by Crippen LogP contribution is -2.40. The Morgan fingerprint density at radius 3 is 2.50 bits per heavy atom. The molecular weight excluding hydrogens is 250 g/mol. The molecule has 1 saturated heterocycles. The second kappa shape index (κ2) is 9.95. The van der Waals surface area contributed by atoms with Gasteiger partial charge in [0.1, 0.15) is 5.78 Å². The van der Waals surface area contributed by atoms with Crippen molar-refractivity contribution in [2.75, 3.05) is 6.54 Å². The van der Waals surface area contributed by atoms with Gasteiger partial charge in [0.15, 0.2) is 0 Å². The molecule has 0 aromatic heterocycles. The van der Waals surface area contributed by atoms with Crippen LogP contribution in [-0.2, 0) is 9.59 Å². The predicted molar refractivity (Wildman–Crippen MR) is 82.6 cm³/mol. The van der Waals surface area contributed by atoms with Crippen molar-refractivity contribution in [1.29, 1.82) is 0 Å². The minimum absolute atomic E-state index is 0.165. The van der Waals surface area contributed by atoms with Gasteiger partial charge in [0, 0.05) is 25.4 Å². The average molecular weight is 281 g/mol. The third kappa shape index (κ3) is 6.53. The lowest BCUT2D eigenvalue weighted by Gasteiger charge is -2.29. The number of rotatable bonds is 8. The molecule has 0 aromatic rings. The monoisotopic (exact) mass is 281 g/mol. The van der Waals surface area contributed by atoms with E-state index < -0.39 is 0 Å². The summed E-state index contributed by atoms with van der Waals surface area (Å²) in [6.07, 6.45) is 11.5.